The summed E-state index contributed by atoms with van der Waals surface area (Å²) in [4.78, 5) is 20.8. The molecule has 3 heterocycles. The van der Waals surface area contributed by atoms with Crippen molar-refractivity contribution in [2.45, 2.75) is 13.8 Å². The van der Waals surface area contributed by atoms with Crippen LogP contribution in [0.25, 0.3) is 21.3 Å². The van der Waals surface area contributed by atoms with Crippen molar-refractivity contribution in [1.29, 1.82) is 0 Å². The number of benzene rings is 1. The van der Waals surface area contributed by atoms with Gasteiger partial charge in [0.25, 0.3) is 0 Å². The van der Waals surface area contributed by atoms with E-state index in [0.717, 1.165) is 49.8 Å². The van der Waals surface area contributed by atoms with Crippen molar-refractivity contribution in [1.82, 2.24) is 9.88 Å². The molecule has 0 saturated carbocycles. The second-order valence-electron chi connectivity index (χ2n) is 7.43. The average molecular weight is 460 g/mol. The predicted octanol–water partition coefficient (Wildman–Crippen LogP) is 4.70. The van der Waals surface area contributed by atoms with E-state index in [-0.39, 0.29) is 19.2 Å². The van der Waals surface area contributed by atoms with Crippen molar-refractivity contribution in [3.8, 4) is 17.0 Å². The molecule has 164 valence electrons. The molecular weight excluding hydrogens is 434 g/mol. The summed E-state index contributed by atoms with van der Waals surface area (Å²) in [6, 6.07) is 9.94. The van der Waals surface area contributed by atoms with Crippen molar-refractivity contribution < 1.29 is 14.3 Å². The first-order valence-corrected chi connectivity index (χ1v) is 11.7. The fourth-order valence-electron chi connectivity index (χ4n) is 3.71. The van der Waals surface area contributed by atoms with Gasteiger partial charge in [-0.2, -0.15) is 0 Å². The largest absolute Gasteiger partial charge is 0.488 e. The van der Waals surface area contributed by atoms with Crippen LogP contribution in [0, 0.1) is 0 Å². The highest BCUT2D eigenvalue weighted by Gasteiger charge is 2.20. The third-order valence-corrected chi connectivity index (χ3v) is 6.63. The number of carbonyl (C=O) groups excluding carboxylic acids is 1. The highest BCUT2D eigenvalue weighted by Crippen LogP contribution is 2.36. The zero-order valence-corrected chi connectivity index (χ0v) is 19.3. The summed E-state index contributed by atoms with van der Waals surface area (Å²) in [6.45, 7) is 9.19. The molecule has 0 bridgehead atoms. The molecule has 6 nitrogen and oxygen atoms in total. The molecule has 0 N–H and O–H groups in total. The van der Waals surface area contributed by atoms with Crippen LogP contribution < -0.4 is 9.64 Å². The molecule has 0 atom stereocenters. The molecule has 1 saturated heterocycles. The summed E-state index contributed by atoms with van der Waals surface area (Å²) >= 11 is 8.20. The monoisotopic (exact) mass is 459 g/mol. The molecule has 0 amide bonds. The van der Waals surface area contributed by atoms with Crippen LogP contribution in [0.2, 0.25) is 5.02 Å². The molecule has 0 radical (unpaired) electrons. The van der Waals surface area contributed by atoms with E-state index in [9.17, 15) is 4.79 Å². The van der Waals surface area contributed by atoms with Crippen LogP contribution >= 0.6 is 22.9 Å². The van der Waals surface area contributed by atoms with E-state index in [4.69, 9.17) is 26.1 Å². The molecule has 8 heteroatoms. The number of halogens is 1. The number of hydrogen-bond acceptors (Lipinski definition) is 7. The van der Waals surface area contributed by atoms with Gasteiger partial charge in [0.1, 0.15) is 24.8 Å². The van der Waals surface area contributed by atoms with E-state index in [0.29, 0.717) is 10.8 Å². The van der Waals surface area contributed by atoms with Gasteiger partial charge in [-0.25, -0.2) is 4.98 Å². The molecule has 2 aromatic heterocycles. The second-order valence-corrected chi connectivity index (χ2v) is 8.75. The number of fused-ring (bicyclic) bond motifs is 1. The maximum absolute atomic E-state index is 10.9. The summed E-state index contributed by atoms with van der Waals surface area (Å²) in [5, 5.41) is 3.82. The summed E-state index contributed by atoms with van der Waals surface area (Å²) in [5.74, 6) is 1.29. The number of likely N-dealkylation sites (N-methyl/N-ethyl adjacent to an activating group) is 1. The van der Waals surface area contributed by atoms with Crippen molar-refractivity contribution in [2.24, 2.45) is 0 Å². The lowest BCUT2D eigenvalue weighted by Crippen LogP contribution is -2.46. The predicted molar refractivity (Wildman–Crippen MR) is 127 cm³/mol. The number of carbonyl (C=O) groups is 1. The Hall–Kier alpha value is -2.35. The van der Waals surface area contributed by atoms with Gasteiger partial charge in [-0.05, 0) is 47.6 Å². The van der Waals surface area contributed by atoms with E-state index < -0.39 is 0 Å². The number of pyridine rings is 1. The van der Waals surface area contributed by atoms with Gasteiger partial charge in [-0.1, -0.05) is 18.5 Å². The Morgan fingerprint density at radius 1 is 1.16 bits per heavy atom. The van der Waals surface area contributed by atoms with Crippen LogP contribution in [0.3, 0.4) is 0 Å². The molecule has 0 spiro atoms. The Balaban J connectivity index is 1.57. The van der Waals surface area contributed by atoms with Gasteiger partial charge < -0.3 is 19.3 Å². The first-order valence-electron chi connectivity index (χ1n) is 10.5. The number of rotatable bonds is 7. The number of hydrogen-bond donors (Lipinski definition) is 0. The zero-order chi connectivity index (χ0) is 21.8. The molecule has 1 aliphatic rings. The Bertz CT molecular complexity index is 1060. The van der Waals surface area contributed by atoms with Crippen molar-refractivity contribution in [3.63, 3.8) is 0 Å². The third kappa shape index (κ3) is 5.11. The van der Waals surface area contributed by atoms with E-state index in [1.807, 2.05) is 18.2 Å². The highest BCUT2D eigenvalue weighted by atomic mass is 35.5. The van der Waals surface area contributed by atoms with Crippen molar-refractivity contribution in [2.75, 3.05) is 50.8 Å². The molecule has 0 aliphatic carbocycles. The van der Waals surface area contributed by atoms with Gasteiger partial charge in [-0.15, -0.1) is 11.3 Å². The number of aromatic nitrogens is 1. The maximum atomic E-state index is 10.9. The van der Waals surface area contributed by atoms with Crippen LogP contribution in [0.4, 0.5) is 5.82 Å². The van der Waals surface area contributed by atoms with E-state index in [1.54, 1.807) is 11.3 Å². The minimum absolute atomic E-state index is 0.193. The maximum Gasteiger partial charge on any atom is 0.302 e. The normalized spacial score (nSPS) is 14.7. The molecule has 1 aliphatic heterocycles. The fourth-order valence-corrected chi connectivity index (χ4v) is 4.84. The van der Waals surface area contributed by atoms with Crippen molar-refractivity contribution in [3.05, 3.63) is 40.7 Å². The molecule has 4 rings (SSSR count). The van der Waals surface area contributed by atoms with Gasteiger partial charge in [0.2, 0.25) is 0 Å². The lowest BCUT2D eigenvalue weighted by atomic mass is 10.1. The molecule has 31 heavy (non-hydrogen) atoms. The number of anilines is 1. The van der Waals surface area contributed by atoms with Crippen LogP contribution in [0.1, 0.15) is 13.8 Å². The van der Waals surface area contributed by atoms with E-state index >= 15 is 0 Å². The standard InChI is InChI=1S/C23H26ClN3O3S/c1-3-26-7-9-27(10-8-26)23-22-18(6-13-31-22)15-20(25-23)17-4-5-21(19(24)14-17)30-12-11-29-16(2)28/h4-6,13-15H,3,7-12H2,1-2H3. The molecular formula is C23H26ClN3O3S. The Labute approximate surface area is 191 Å². The van der Waals surface area contributed by atoms with E-state index in [2.05, 4.69) is 34.2 Å². The third-order valence-electron chi connectivity index (χ3n) is 5.41. The van der Waals surface area contributed by atoms with Gasteiger partial charge in [-0.3, -0.25) is 4.79 Å². The summed E-state index contributed by atoms with van der Waals surface area (Å²) in [5.41, 5.74) is 1.84. The van der Waals surface area contributed by atoms with Gasteiger partial charge in [0.05, 0.1) is 15.4 Å². The van der Waals surface area contributed by atoms with Gasteiger partial charge >= 0.3 is 5.97 Å². The van der Waals surface area contributed by atoms with Gasteiger partial charge in [0.15, 0.2) is 0 Å². The number of piperazine rings is 1. The first kappa shape index (κ1) is 21.9. The number of ether oxygens (including phenoxy) is 2. The second kappa shape index (κ2) is 9.85. The minimum atomic E-state index is -0.327. The lowest BCUT2D eigenvalue weighted by molar-refractivity contribution is -0.141. The zero-order valence-electron chi connectivity index (χ0n) is 17.8. The smallest absolute Gasteiger partial charge is 0.302 e. The fraction of sp³-hybridized carbons (Fsp3) is 0.391. The number of nitrogens with zero attached hydrogens (tertiary/aromatic N) is 3. The number of esters is 1. The molecule has 1 fully saturated rings. The Kier molecular flexibility index (Phi) is 6.95. The molecule has 0 unspecified atom stereocenters. The molecule has 1 aromatic carbocycles. The molecule has 3 aromatic rings. The van der Waals surface area contributed by atoms with Gasteiger partial charge in [0, 0.05) is 38.7 Å². The van der Waals surface area contributed by atoms with Crippen LogP contribution in [-0.4, -0.2) is 61.8 Å². The van der Waals surface area contributed by atoms with E-state index in [1.165, 1.54) is 17.0 Å². The Morgan fingerprint density at radius 3 is 2.68 bits per heavy atom. The SMILES string of the molecule is CCN1CCN(c2nc(-c3ccc(OCCOC(C)=O)c(Cl)c3)cc3ccsc23)CC1. The highest BCUT2D eigenvalue weighted by molar-refractivity contribution is 7.17. The summed E-state index contributed by atoms with van der Waals surface area (Å²) in [6.07, 6.45) is 0. The van der Waals surface area contributed by atoms with Crippen LogP contribution in [-0.2, 0) is 9.53 Å². The number of thiophene rings is 1. The topological polar surface area (TPSA) is 54.9 Å². The average Bonchev–Trinajstić information content (AvgIpc) is 3.25. The van der Waals surface area contributed by atoms with Crippen molar-refractivity contribution >= 4 is 44.8 Å². The Morgan fingerprint density at radius 2 is 1.97 bits per heavy atom. The quantitative estimate of drug-likeness (QED) is 0.377. The van der Waals surface area contributed by atoms with Crippen LogP contribution in [0.15, 0.2) is 35.7 Å². The summed E-state index contributed by atoms with van der Waals surface area (Å²) < 4.78 is 11.8. The lowest BCUT2D eigenvalue weighted by Gasteiger charge is -2.35. The van der Waals surface area contributed by atoms with Crippen LogP contribution in [0.5, 0.6) is 5.75 Å². The first-order chi connectivity index (χ1) is 15.0. The minimum Gasteiger partial charge on any atom is -0.488 e. The summed E-state index contributed by atoms with van der Waals surface area (Å²) in [7, 11) is 0.